The second-order valence-corrected chi connectivity index (χ2v) is 4.56. The van der Waals surface area contributed by atoms with Gasteiger partial charge in [-0.05, 0) is 31.0 Å². The monoisotopic (exact) mass is 257 g/mol. The van der Waals surface area contributed by atoms with Crippen LogP contribution >= 0.6 is 11.6 Å². The Bertz CT molecular complexity index is 395. The lowest BCUT2D eigenvalue weighted by Gasteiger charge is -2.10. The maximum absolute atomic E-state index is 13.1. The minimum absolute atomic E-state index is 0.0482. The van der Waals surface area contributed by atoms with Crippen molar-refractivity contribution in [2.24, 2.45) is 0 Å². The number of rotatable bonds is 6. The van der Waals surface area contributed by atoms with Crippen molar-refractivity contribution in [2.45, 2.75) is 32.7 Å². The van der Waals surface area contributed by atoms with E-state index in [2.05, 4.69) is 12.2 Å². The Kier molecular flexibility index (Phi) is 5.59. The summed E-state index contributed by atoms with van der Waals surface area (Å²) in [5.41, 5.74) is 0.655. The van der Waals surface area contributed by atoms with E-state index in [-0.39, 0.29) is 17.2 Å². The molecule has 0 saturated heterocycles. The van der Waals surface area contributed by atoms with Crippen LogP contribution in [0.4, 0.5) is 4.39 Å². The Balaban J connectivity index is 2.48. The lowest BCUT2D eigenvalue weighted by atomic mass is 10.1. The average Bonchev–Trinajstić information content (AvgIpc) is 2.31. The maximum atomic E-state index is 13.1. The summed E-state index contributed by atoms with van der Waals surface area (Å²) in [5, 5.41) is 3.19. The number of ketones is 1. The van der Waals surface area contributed by atoms with Gasteiger partial charge in [-0.1, -0.05) is 24.6 Å². The van der Waals surface area contributed by atoms with Gasteiger partial charge in [-0.15, -0.1) is 0 Å². The highest BCUT2D eigenvalue weighted by molar-refractivity contribution is 6.30. The first kappa shape index (κ1) is 14.1. The quantitative estimate of drug-likeness (QED) is 0.849. The molecule has 0 heterocycles. The summed E-state index contributed by atoms with van der Waals surface area (Å²) >= 11 is 5.57. The van der Waals surface area contributed by atoms with Crippen molar-refractivity contribution in [3.63, 3.8) is 0 Å². The molecule has 0 aliphatic heterocycles. The summed E-state index contributed by atoms with van der Waals surface area (Å²) in [4.78, 5) is 11.6. The number of hydrogen-bond acceptors (Lipinski definition) is 2. The van der Waals surface area contributed by atoms with Crippen LogP contribution in [-0.4, -0.2) is 18.4 Å². The average molecular weight is 258 g/mol. The lowest BCUT2D eigenvalue weighted by Crippen LogP contribution is -2.31. The zero-order valence-electron chi connectivity index (χ0n) is 10.1. The van der Waals surface area contributed by atoms with Crippen LogP contribution < -0.4 is 5.32 Å². The van der Waals surface area contributed by atoms with Crippen molar-refractivity contribution >= 4 is 17.4 Å². The highest BCUT2D eigenvalue weighted by Gasteiger charge is 2.07. The van der Waals surface area contributed by atoms with E-state index in [1.807, 2.05) is 6.92 Å². The van der Waals surface area contributed by atoms with E-state index in [1.165, 1.54) is 12.1 Å². The van der Waals surface area contributed by atoms with Crippen LogP contribution in [0.15, 0.2) is 18.2 Å². The molecule has 0 radical (unpaired) electrons. The van der Waals surface area contributed by atoms with Gasteiger partial charge in [-0.3, -0.25) is 4.79 Å². The molecule has 0 saturated carbocycles. The molecule has 1 unspecified atom stereocenters. The summed E-state index contributed by atoms with van der Waals surface area (Å²) < 4.78 is 13.1. The highest BCUT2D eigenvalue weighted by atomic mass is 35.5. The van der Waals surface area contributed by atoms with E-state index < -0.39 is 5.82 Å². The normalized spacial score (nSPS) is 12.5. The standard InChI is InChI=1S/C13H17ClFNO/c1-3-9(2)16-8-11(17)6-10-4-5-12(14)13(15)7-10/h4-5,7,9,16H,3,6,8H2,1-2H3. The molecule has 0 spiro atoms. The molecular formula is C13H17ClFNO. The number of benzene rings is 1. The minimum atomic E-state index is -0.480. The number of halogens is 2. The number of nitrogens with one attached hydrogen (secondary N) is 1. The molecule has 4 heteroatoms. The Morgan fingerprint density at radius 1 is 1.53 bits per heavy atom. The van der Waals surface area contributed by atoms with E-state index in [1.54, 1.807) is 6.07 Å². The predicted molar refractivity (Wildman–Crippen MR) is 67.9 cm³/mol. The summed E-state index contributed by atoms with van der Waals surface area (Å²) in [6.07, 6.45) is 1.21. The van der Waals surface area contributed by atoms with Crippen LogP contribution in [0.3, 0.4) is 0 Å². The largest absolute Gasteiger partial charge is 0.307 e. The summed E-state index contributed by atoms with van der Waals surface area (Å²) in [6, 6.07) is 4.78. The lowest BCUT2D eigenvalue weighted by molar-refractivity contribution is -0.117. The minimum Gasteiger partial charge on any atom is -0.307 e. The van der Waals surface area contributed by atoms with Gasteiger partial charge >= 0.3 is 0 Å². The molecule has 0 aliphatic rings. The topological polar surface area (TPSA) is 29.1 Å². The fraction of sp³-hybridized carbons (Fsp3) is 0.462. The third-order valence-corrected chi connectivity index (χ3v) is 2.95. The Hall–Kier alpha value is -0.930. The van der Waals surface area contributed by atoms with Crippen molar-refractivity contribution in [1.82, 2.24) is 5.32 Å². The molecule has 0 bridgehead atoms. The Morgan fingerprint density at radius 3 is 2.82 bits per heavy atom. The van der Waals surface area contributed by atoms with Gasteiger partial charge < -0.3 is 5.32 Å². The maximum Gasteiger partial charge on any atom is 0.150 e. The SMILES string of the molecule is CCC(C)NCC(=O)Cc1ccc(Cl)c(F)c1. The highest BCUT2D eigenvalue weighted by Crippen LogP contribution is 2.15. The summed E-state index contributed by atoms with van der Waals surface area (Å²) in [5.74, 6) is -0.432. The van der Waals surface area contributed by atoms with E-state index in [0.29, 0.717) is 18.2 Å². The van der Waals surface area contributed by atoms with Crippen LogP contribution in [-0.2, 0) is 11.2 Å². The van der Waals surface area contributed by atoms with Gasteiger partial charge in [0, 0.05) is 12.5 Å². The fourth-order valence-corrected chi connectivity index (χ4v) is 1.49. The van der Waals surface area contributed by atoms with Gasteiger partial charge in [0.05, 0.1) is 11.6 Å². The third-order valence-electron chi connectivity index (χ3n) is 2.65. The first-order chi connectivity index (χ1) is 8.02. The molecule has 1 N–H and O–H groups in total. The van der Waals surface area contributed by atoms with E-state index in [4.69, 9.17) is 11.6 Å². The molecule has 0 aliphatic carbocycles. The van der Waals surface area contributed by atoms with Gasteiger partial charge in [-0.2, -0.15) is 0 Å². The molecule has 1 aromatic rings. The van der Waals surface area contributed by atoms with Gasteiger partial charge in [0.1, 0.15) is 5.82 Å². The first-order valence-corrected chi connectivity index (χ1v) is 6.09. The molecule has 0 amide bonds. The summed E-state index contributed by atoms with van der Waals surface area (Å²) in [6.45, 7) is 4.39. The second-order valence-electron chi connectivity index (χ2n) is 4.15. The van der Waals surface area contributed by atoms with Gasteiger partial charge in [0.2, 0.25) is 0 Å². The predicted octanol–water partition coefficient (Wildman–Crippen LogP) is 2.98. The molecule has 1 aromatic carbocycles. The van der Waals surface area contributed by atoms with E-state index >= 15 is 0 Å². The van der Waals surface area contributed by atoms with Crippen LogP contribution in [0.2, 0.25) is 5.02 Å². The third kappa shape index (κ3) is 4.84. The zero-order chi connectivity index (χ0) is 12.8. The summed E-state index contributed by atoms with van der Waals surface area (Å²) in [7, 11) is 0. The number of carbonyl (C=O) groups excluding carboxylic acids is 1. The Morgan fingerprint density at radius 2 is 2.24 bits per heavy atom. The molecule has 1 atom stereocenters. The van der Waals surface area contributed by atoms with Crippen molar-refractivity contribution in [1.29, 1.82) is 0 Å². The van der Waals surface area contributed by atoms with Crippen LogP contribution in [0.25, 0.3) is 0 Å². The zero-order valence-corrected chi connectivity index (χ0v) is 10.9. The van der Waals surface area contributed by atoms with Crippen LogP contribution in [0.1, 0.15) is 25.8 Å². The number of hydrogen-bond donors (Lipinski definition) is 1. The molecule has 94 valence electrons. The molecule has 1 rings (SSSR count). The van der Waals surface area contributed by atoms with Crippen molar-refractivity contribution in [3.8, 4) is 0 Å². The van der Waals surface area contributed by atoms with Crippen LogP contribution in [0, 0.1) is 5.82 Å². The van der Waals surface area contributed by atoms with Gasteiger partial charge in [-0.25, -0.2) is 4.39 Å². The van der Waals surface area contributed by atoms with Gasteiger partial charge in [0.25, 0.3) is 0 Å². The van der Waals surface area contributed by atoms with Crippen molar-refractivity contribution < 1.29 is 9.18 Å². The number of Topliss-reactive ketones (excluding diaryl/α,β-unsaturated/α-hetero) is 1. The Labute approximate surface area is 106 Å². The second kappa shape index (κ2) is 6.72. The van der Waals surface area contributed by atoms with Crippen LogP contribution in [0.5, 0.6) is 0 Å². The molecular weight excluding hydrogens is 241 g/mol. The molecule has 0 aromatic heterocycles. The molecule has 17 heavy (non-hydrogen) atoms. The van der Waals surface area contributed by atoms with Crippen molar-refractivity contribution in [2.75, 3.05) is 6.54 Å². The fourth-order valence-electron chi connectivity index (χ4n) is 1.37. The van der Waals surface area contributed by atoms with Crippen molar-refractivity contribution in [3.05, 3.63) is 34.6 Å². The first-order valence-electron chi connectivity index (χ1n) is 5.72. The number of carbonyl (C=O) groups is 1. The van der Waals surface area contributed by atoms with E-state index in [0.717, 1.165) is 6.42 Å². The van der Waals surface area contributed by atoms with E-state index in [9.17, 15) is 9.18 Å². The molecule has 0 fully saturated rings. The molecule has 2 nitrogen and oxygen atoms in total. The van der Waals surface area contributed by atoms with Gasteiger partial charge in [0.15, 0.2) is 5.78 Å². The smallest absolute Gasteiger partial charge is 0.150 e.